The van der Waals surface area contributed by atoms with E-state index < -0.39 is 0 Å². The molecule has 2 rings (SSSR count). The Balaban J connectivity index is 1.86. The summed E-state index contributed by atoms with van der Waals surface area (Å²) in [6, 6.07) is 1.17. The predicted molar refractivity (Wildman–Crippen MR) is 60.1 cm³/mol. The molecule has 0 aromatic rings. The fraction of sp³-hybridized carbons (Fsp3) is 1.00. The molecule has 2 nitrogen and oxygen atoms in total. The van der Waals surface area contributed by atoms with Gasteiger partial charge >= 0.3 is 0 Å². The summed E-state index contributed by atoms with van der Waals surface area (Å²) in [5.74, 6) is 2.63. The molecule has 1 aliphatic carbocycles. The van der Waals surface area contributed by atoms with Crippen LogP contribution in [0, 0.1) is 17.8 Å². The van der Waals surface area contributed by atoms with Crippen molar-refractivity contribution in [2.75, 3.05) is 13.1 Å². The number of nitrogens with two attached hydrogens (primary N) is 1. The Morgan fingerprint density at radius 3 is 2.43 bits per heavy atom. The molecule has 0 spiro atoms. The minimum Gasteiger partial charge on any atom is -0.326 e. The van der Waals surface area contributed by atoms with Crippen LogP contribution in [0.1, 0.15) is 33.6 Å². The zero-order valence-corrected chi connectivity index (χ0v) is 9.74. The smallest absolute Gasteiger partial charge is 0.0194 e. The van der Waals surface area contributed by atoms with Crippen molar-refractivity contribution in [2.45, 2.75) is 45.7 Å². The third-order valence-electron chi connectivity index (χ3n) is 4.42. The standard InChI is InChI=1S/C12H24N2/c1-8-4-5-14(7-12(8)13)10(3)11-6-9(11)2/h8-12H,4-7,13H2,1-3H3. The third kappa shape index (κ3) is 1.96. The fourth-order valence-corrected chi connectivity index (χ4v) is 2.79. The largest absolute Gasteiger partial charge is 0.326 e. The van der Waals surface area contributed by atoms with Crippen molar-refractivity contribution < 1.29 is 0 Å². The lowest BCUT2D eigenvalue weighted by atomic mass is 9.93. The first-order valence-corrected chi connectivity index (χ1v) is 6.09. The molecule has 2 N–H and O–H groups in total. The van der Waals surface area contributed by atoms with Gasteiger partial charge < -0.3 is 5.73 Å². The molecular formula is C12H24N2. The normalized spacial score (nSPS) is 46.3. The number of rotatable bonds is 2. The topological polar surface area (TPSA) is 29.3 Å². The first-order valence-electron chi connectivity index (χ1n) is 6.09. The molecule has 2 heteroatoms. The van der Waals surface area contributed by atoms with E-state index in [0.29, 0.717) is 6.04 Å². The molecule has 1 saturated heterocycles. The van der Waals surface area contributed by atoms with Crippen molar-refractivity contribution in [3.8, 4) is 0 Å². The highest BCUT2D eigenvalue weighted by molar-refractivity contribution is 4.94. The molecule has 14 heavy (non-hydrogen) atoms. The summed E-state index contributed by atoms with van der Waals surface area (Å²) in [4.78, 5) is 2.61. The first-order chi connectivity index (χ1) is 6.59. The minimum absolute atomic E-state index is 0.403. The molecule has 0 amide bonds. The van der Waals surface area contributed by atoms with Crippen molar-refractivity contribution in [3.63, 3.8) is 0 Å². The Hall–Kier alpha value is -0.0800. The van der Waals surface area contributed by atoms with Crippen molar-refractivity contribution in [2.24, 2.45) is 23.5 Å². The Bertz CT molecular complexity index is 204. The van der Waals surface area contributed by atoms with Gasteiger partial charge in [-0.25, -0.2) is 0 Å². The molecule has 0 aromatic heterocycles. The molecule has 5 atom stereocenters. The molecule has 1 aliphatic heterocycles. The van der Waals surface area contributed by atoms with Crippen molar-refractivity contribution in [1.82, 2.24) is 4.90 Å². The highest BCUT2D eigenvalue weighted by Crippen LogP contribution is 2.42. The monoisotopic (exact) mass is 196 g/mol. The van der Waals surface area contributed by atoms with Crippen LogP contribution in [0.3, 0.4) is 0 Å². The van der Waals surface area contributed by atoms with E-state index in [1.54, 1.807) is 0 Å². The lowest BCUT2D eigenvalue weighted by Crippen LogP contribution is -2.51. The Kier molecular flexibility index (Phi) is 2.85. The van der Waals surface area contributed by atoms with E-state index in [4.69, 9.17) is 5.73 Å². The predicted octanol–water partition coefficient (Wildman–Crippen LogP) is 1.70. The van der Waals surface area contributed by atoms with Gasteiger partial charge in [0.25, 0.3) is 0 Å². The van der Waals surface area contributed by atoms with Crippen molar-refractivity contribution >= 4 is 0 Å². The molecular weight excluding hydrogens is 172 g/mol. The van der Waals surface area contributed by atoms with Crippen LogP contribution in [0.15, 0.2) is 0 Å². The van der Waals surface area contributed by atoms with Crippen LogP contribution in [-0.2, 0) is 0 Å². The fourth-order valence-electron chi connectivity index (χ4n) is 2.79. The quantitative estimate of drug-likeness (QED) is 0.728. The summed E-state index contributed by atoms with van der Waals surface area (Å²) in [5, 5.41) is 0. The average Bonchev–Trinajstić information content (AvgIpc) is 2.86. The summed E-state index contributed by atoms with van der Waals surface area (Å²) >= 11 is 0. The lowest BCUT2D eigenvalue weighted by molar-refractivity contribution is 0.114. The molecule has 0 radical (unpaired) electrons. The summed E-state index contributed by atoms with van der Waals surface area (Å²) < 4.78 is 0. The maximum absolute atomic E-state index is 6.12. The molecule has 2 aliphatic rings. The van der Waals surface area contributed by atoms with Gasteiger partial charge in [-0.15, -0.1) is 0 Å². The van der Waals surface area contributed by atoms with Gasteiger partial charge in [0, 0.05) is 18.6 Å². The average molecular weight is 196 g/mol. The summed E-state index contributed by atoms with van der Waals surface area (Å²) in [7, 11) is 0. The van der Waals surface area contributed by atoms with Crippen LogP contribution in [0.4, 0.5) is 0 Å². The van der Waals surface area contributed by atoms with Gasteiger partial charge in [0.1, 0.15) is 0 Å². The molecule has 82 valence electrons. The van der Waals surface area contributed by atoms with Gasteiger partial charge in [0.2, 0.25) is 0 Å². The van der Waals surface area contributed by atoms with Crippen LogP contribution in [0.2, 0.25) is 0 Å². The lowest BCUT2D eigenvalue weighted by Gasteiger charge is -2.39. The molecule has 0 bridgehead atoms. The number of likely N-dealkylation sites (tertiary alicyclic amines) is 1. The number of nitrogens with zero attached hydrogens (tertiary/aromatic N) is 1. The second-order valence-electron chi connectivity index (χ2n) is 5.54. The molecule has 0 aromatic carbocycles. The van der Waals surface area contributed by atoms with Gasteiger partial charge in [0.05, 0.1) is 0 Å². The van der Waals surface area contributed by atoms with E-state index in [1.807, 2.05) is 0 Å². The van der Waals surface area contributed by atoms with E-state index in [-0.39, 0.29) is 0 Å². The summed E-state index contributed by atoms with van der Waals surface area (Å²) in [6.45, 7) is 9.42. The molecule has 2 fully saturated rings. The number of hydrogen-bond donors (Lipinski definition) is 1. The van der Waals surface area contributed by atoms with Crippen LogP contribution in [-0.4, -0.2) is 30.1 Å². The van der Waals surface area contributed by atoms with Crippen LogP contribution in [0.25, 0.3) is 0 Å². The SMILES string of the molecule is CC1CCN(C(C)C2CC2C)CC1N. The van der Waals surface area contributed by atoms with Crippen LogP contribution in [0.5, 0.6) is 0 Å². The molecule has 5 unspecified atom stereocenters. The van der Waals surface area contributed by atoms with Gasteiger partial charge in [0.15, 0.2) is 0 Å². The highest BCUT2D eigenvalue weighted by Gasteiger charge is 2.40. The zero-order valence-electron chi connectivity index (χ0n) is 9.74. The van der Waals surface area contributed by atoms with E-state index in [2.05, 4.69) is 25.7 Å². The second kappa shape index (κ2) is 3.82. The van der Waals surface area contributed by atoms with Crippen LogP contribution < -0.4 is 5.73 Å². The van der Waals surface area contributed by atoms with E-state index >= 15 is 0 Å². The zero-order chi connectivity index (χ0) is 10.3. The van der Waals surface area contributed by atoms with E-state index in [1.165, 1.54) is 19.4 Å². The maximum atomic E-state index is 6.12. The Labute approximate surface area is 87.8 Å². The van der Waals surface area contributed by atoms with Gasteiger partial charge in [-0.05, 0) is 44.1 Å². The second-order valence-corrected chi connectivity index (χ2v) is 5.54. The Morgan fingerprint density at radius 1 is 1.29 bits per heavy atom. The minimum atomic E-state index is 0.403. The Morgan fingerprint density at radius 2 is 1.93 bits per heavy atom. The third-order valence-corrected chi connectivity index (χ3v) is 4.42. The number of piperidine rings is 1. The summed E-state index contributed by atoms with van der Waals surface area (Å²) in [5.41, 5.74) is 6.12. The maximum Gasteiger partial charge on any atom is 0.0194 e. The van der Waals surface area contributed by atoms with Gasteiger partial charge in [-0.1, -0.05) is 13.8 Å². The summed E-state index contributed by atoms with van der Waals surface area (Å²) in [6.07, 6.45) is 2.72. The van der Waals surface area contributed by atoms with Gasteiger partial charge in [-0.2, -0.15) is 0 Å². The molecule has 1 heterocycles. The van der Waals surface area contributed by atoms with Crippen molar-refractivity contribution in [3.05, 3.63) is 0 Å². The first kappa shape index (κ1) is 10.4. The molecule has 1 saturated carbocycles. The van der Waals surface area contributed by atoms with E-state index in [0.717, 1.165) is 30.3 Å². The van der Waals surface area contributed by atoms with Crippen molar-refractivity contribution in [1.29, 1.82) is 0 Å². The van der Waals surface area contributed by atoms with Gasteiger partial charge in [-0.3, -0.25) is 4.90 Å². The number of hydrogen-bond acceptors (Lipinski definition) is 2. The highest BCUT2D eigenvalue weighted by atomic mass is 15.2. The van der Waals surface area contributed by atoms with E-state index in [9.17, 15) is 0 Å². The van der Waals surface area contributed by atoms with Crippen LogP contribution >= 0.6 is 0 Å².